The quantitative estimate of drug-likeness (QED) is 0.543. The molecule has 9 heteroatoms. The van der Waals surface area contributed by atoms with Gasteiger partial charge in [0, 0.05) is 23.3 Å². The van der Waals surface area contributed by atoms with E-state index in [-0.39, 0.29) is 5.56 Å². The summed E-state index contributed by atoms with van der Waals surface area (Å²) in [6.07, 6.45) is 3.01. The van der Waals surface area contributed by atoms with E-state index in [0.717, 1.165) is 46.1 Å². The number of aliphatic imine (C=N–C) groups is 1. The molecule has 0 amide bonds. The van der Waals surface area contributed by atoms with Crippen LogP contribution in [-0.2, 0) is 22.3 Å². The van der Waals surface area contributed by atoms with Crippen molar-refractivity contribution >= 4 is 17.0 Å². The molecule has 1 aromatic carbocycles. The van der Waals surface area contributed by atoms with Crippen LogP contribution < -0.4 is 0 Å². The van der Waals surface area contributed by atoms with Gasteiger partial charge in [0.05, 0.1) is 24.5 Å². The standard InChI is InChI=1S/C23H22F2N4O2S/c1-12-21-28-27-13(2)29(21)22-18(20(26-12)19-15(24)6-3-7-16(19)25)14-5-4-8-23(11-17(14)32-22)30-9-10-31-23/h3,6-7,12H,4-5,8-11H2,1-2H3/t12-/m0/s1. The predicted molar refractivity (Wildman–Crippen MR) is 116 cm³/mol. The molecule has 1 saturated heterocycles. The number of halogens is 2. The third-order valence-corrected chi connectivity index (χ3v) is 7.70. The topological polar surface area (TPSA) is 61.5 Å². The normalized spacial score (nSPS) is 21.5. The molecule has 1 fully saturated rings. The van der Waals surface area contributed by atoms with E-state index in [1.165, 1.54) is 18.2 Å². The van der Waals surface area contributed by atoms with Gasteiger partial charge in [-0.3, -0.25) is 9.56 Å². The molecule has 0 radical (unpaired) electrons. The second-order valence-corrected chi connectivity index (χ2v) is 9.60. The molecule has 2 aromatic heterocycles. The number of thiophene rings is 1. The summed E-state index contributed by atoms with van der Waals surface area (Å²) in [6.45, 7) is 4.93. The summed E-state index contributed by atoms with van der Waals surface area (Å²) >= 11 is 1.60. The fourth-order valence-corrected chi connectivity index (χ4v) is 6.54. The van der Waals surface area contributed by atoms with Gasteiger partial charge in [-0.25, -0.2) is 8.78 Å². The van der Waals surface area contributed by atoms with Crippen LogP contribution in [0.25, 0.3) is 5.00 Å². The van der Waals surface area contributed by atoms with Crippen molar-refractivity contribution in [2.24, 2.45) is 4.99 Å². The molecule has 0 bridgehead atoms. The molecule has 0 saturated carbocycles. The van der Waals surface area contributed by atoms with Gasteiger partial charge in [0.25, 0.3) is 0 Å². The van der Waals surface area contributed by atoms with Gasteiger partial charge in [0.2, 0.25) is 0 Å². The lowest BCUT2D eigenvalue weighted by atomic mass is 9.96. The first kappa shape index (κ1) is 20.1. The SMILES string of the molecule is Cc1nnc2n1-c1sc3c(c1C(c1c(F)cccc1F)=N[C@H]2C)CCCC1(C3)OCCO1. The van der Waals surface area contributed by atoms with Crippen molar-refractivity contribution in [3.63, 3.8) is 0 Å². The zero-order valence-corrected chi connectivity index (χ0v) is 18.6. The van der Waals surface area contributed by atoms with E-state index in [1.54, 1.807) is 11.3 Å². The van der Waals surface area contributed by atoms with Crippen LogP contribution in [0.3, 0.4) is 0 Å². The van der Waals surface area contributed by atoms with E-state index < -0.39 is 23.5 Å². The molecule has 6 nitrogen and oxygen atoms in total. The first-order valence-electron chi connectivity index (χ1n) is 10.8. The van der Waals surface area contributed by atoms with Crippen molar-refractivity contribution in [3.8, 4) is 5.00 Å². The lowest BCUT2D eigenvalue weighted by Crippen LogP contribution is -2.31. The van der Waals surface area contributed by atoms with E-state index in [9.17, 15) is 8.78 Å². The fraction of sp³-hybridized carbons (Fsp3) is 0.435. The molecule has 6 rings (SSSR count). The number of aromatic nitrogens is 3. The molecule has 4 heterocycles. The van der Waals surface area contributed by atoms with Crippen LogP contribution in [0, 0.1) is 18.6 Å². The van der Waals surface area contributed by atoms with Crippen LogP contribution in [0.15, 0.2) is 23.2 Å². The van der Waals surface area contributed by atoms with Crippen LogP contribution >= 0.6 is 11.3 Å². The van der Waals surface area contributed by atoms with Crippen LogP contribution in [0.5, 0.6) is 0 Å². The van der Waals surface area contributed by atoms with Gasteiger partial charge in [0.1, 0.15) is 28.5 Å². The molecule has 1 aliphatic carbocycles. The summed E-state index contributed by atoms with van der Waals surface area (Å²) in [5, 5.41) is 9.47. The van der Waals surface area contributed by atoms with Crippen molar-refractivity contribution in [2.45, 2.75) is 51.4 Å². The number of aryl methyl sites for hydroxylation is 1. The average molecular weight is 457 g/mol. The highest BCUT2D eigenvalue weighted by Crippen LogP contribution is 2.45. The molecule has 1 spiro atoms. The molecule has 32 heavy (non-hydrogen) atoms. The van der Waals surface area contributed by atoms with Gasteiger partial charge in [0.15, 0.2) is 11.6 Å². The molecule has 0 unspecified atom stereocenters. The summed E-state index contributed by atoms with van der Waals surface area (Å²) < 4.78 is 44.0. The highest BCUT2D eigenvalue weighted by Gasteiger charge is 2.42. The Kier molecular flexibility index (Phi) is 4.57. The highest BCUT2D eigenvalue weighted by molar-refractivity contribution is 7.15. The number of rotatable bonds is 1. The third kappa shape index (κ3) is 2.91. The Morgan fingerprint density at radius 3 is 2.62 bits per heavy atom. The molecular formula is C23H22F2N4O2S. The van der Waals surface area contributed by atoms with Crippen molar-refractivity contribution in [1.82, 2.24) is 14.8 Å². The monoisotopic (exact) mass is 456 g/mol. The fourth-order valence-electron chi connectivity index (χ4n) is 5.05. The third-order valence-electron chi connectivity index (χ3n) is 6.49. The number of ether oxygens (including phenoxy) is 2. The van der Waals surface area contributed by atoms with E-state index >= 15 is 0 Å². The summed E-state index contributed by atoms with van der Waals surface area (Å²) in [7, 11) is 0. The first-order valence-corrected chi connectivity index (χ1v) is 11.7. The number of hydrogen-bond donors (Lipinski definition) is 0. The molecule has 3 aromatic rings. The lowest BCUT2D eigenvalue weighted by molar-refractivity contribution is -0.159. The lowest BCUT2D eigenvalue weighted by Gasteiger charge is -2.25. The minimum absolute atomic E-state index is 0.0927. The van der Waals surface area contributed by atoms with Crippen LogP contribution in [0.1, 0.15) is 59.0 Å². The Morgan fingerprint density at radius 1 is 1.12 bits per heavy atom. The minimum atomic E-state index is -0.621. The molecular weight excluding hydrogens is 434 g/mol. The van der Waals surface area contributed by atoms with Gasteiger partial charge < -0.3 is 9.47 Å². The minimum Gasteiger partial charge on any atom is -0.347 e. The maximum absolute atomic E-state index is 15.0. The van der Waals surface area contributed by atoms with Crippen molar-refractivity contribution < 1.29 is 18.3 Å². The zero-order valence-electron chi connectivity index (χ0n) is 17.8. The number of hydrogen-bond acceptors (Lipinski definition) is 6. The molecule has 0 N–H and O–H groups in total. The van der Waals surface area contributed by atoms with Gasteiger partial charge >= 0.3 is 0 Å². The second-order valence-electron chi connectivity index (χ2n) is 8.51. The Hall–Kier alpha value is -2.49. The number of benzene rings is 1. The van der Waals surface area contributed by atoms with Crippen molar-refractivity contribution in [1.29, 1.82) is 0 Å². The molecule has 166 valence electrons. The van der Waals surface area contributed by atoms with E-state index in [0.29, 0.717) is 31.2 Å². The first-order chi connectivity index (χ1) is 15.5. The van der Waals surface area contributed by atoms with Crippen LogP contribution in [-0.4, -0.2) is 39.5 Å². The van der Waals surface area contributed by atoms with E-state index in [1.807, 2.05) is 18.4 Å². The van der Waals surface area contributed by atoms with Crippen LogP contribution in [0.2, 0.25) is 0 Å². The van der Waals surface area contributed by atoms with Crippen molar-refractivity contribution in [2.75, 3.05) is 13.2 Å². The smallest absolute Gasteiger partial charge is 0.173 e. The largest absolute Gasteiger partial charge is 0.347 e. The average Bonchev–Trinajstić information content (AvgIpc) is 3.40. The van der Waals surface area contributed by atoms with Gasteiger partial charge in [-0.2, -0.15) is 0 Å². The van der Waals surface area contributed by atoms with E-state index in [4.69, 9.17) is 14.5 Å². The highest BCUT2D eigenvalue weighted by atomic mass is 32.1. The summed E-state index contributed by atoms with van der Waals surface area (Å²) in [4.78, 5) is 5.93. The van der Waals surface area contributed by atoms with Gasteiger partial charge in [-0.1, -0.05) is 6.07 Å². The van der Waals surface area contributed by atoms with Crippen LogP contribution in [0.4, 0.5) is 8.78 Å². The van der Waals surface area contributed by atoms with Crippen molar-refractivity contribution in [3.05, 3.63) is 63.0 Å². The van der Waals surface area contributed by atoms with Gasteiger partial charge in [-0.15, -0.1) is 21.5 Å². The summed E-state index contributed by atoms with van der Waals surface area (Å²) in [6, 6.07) is 3.53. The Balaban J connectivity index is 1.63. The Labute approximate surface area is 187 Å². The summed E-state index contributed by atoms with van der Waals surface area (Å²) in [5.74, 6) is -0.478. The summed E-state index contributed by atoms with van der Waals surface area (Å²) in [5.41, 5.74) is 2.09. The zero-order chi connectivity index (χ0) is 22.0. The second kappa shape index (κ2) is 7.26. The maximum Gasteiger partial charge on any atom is 0.173 e. The predicted octanol–water partition coefficient (Wildman–Crippen LogP) is 4.45. The van der Waals surface area contributed by atoms with Gasteiger partial charge in [-0.05, 0) is 44.4 Å². The Morgan fingerprint density at radius 2 is 1.88 bits per heavy atom. The molecule has 3 aliphatic rings. The maximum atomic E-state index is 15.0. The number of fused-ring (bicyclic) bond motifs is 5. The number of nitrogens with zero attached hydrogens (tertiary/aromatic N) is 4. The van der Waals surface area contributed by atoms with E-state index in [2.05, 4.69) is 10.2 Å². The Bertz CT molecular complexity index is 1240. The molecule has 2 aliphatic heterocycles. The molecule has 1 atom stereocenters.